The number of nitrogens with zero attached hydrogens (tertiary/aromatic N) is 1. The second kappa shape index (κ2) is 10.9. The molecule has 0 spiro atoms. The molecule has 6 atom stereocenters. The maximum atomic E-state index is 10.7. The predicted molar refractivity (Wildman–Crippen MR) is 129 cm³/mol. The molecule has 1 aromatic carbocycles. The molecule has 4 heteroatoms. The molecule has 32 heavy (non-hydrogen) atoms. The van der Waals surface area contributed by atoms with Gasteiger partial charge in [0.1, 0.15) is 11.9 Å². The molecule has 4 rings (SSSR count). The zero-order valence-electron chi connectivity index (χ0n) is 19.7. The van der Waals surface area contributed by atoms with E-state index in [0.29, 0.717) is 12.8 Å². The molecule has 0 unspecified atom stereocenters. The highest BCUT2D eigenvalue weighted by atomic mass is 16.5. The molecule has 1 saturated carbocycles. The van der Waals surface area contributed by atoms with Crippen molar-refractivity contribution in [3.63, 3.8) is 0 Å². The highest BCUT2D eigenvalue weighted by Crippen LogP contribution is 2.52. The molecule has 1 saturated heterocycles. The smallest absolute Gasteiger partial charge is 0.126 e. The van der Waals surface area contributed by atoms with Gasteiger partial charge >= 0.3 is 0 Å². The minimum Gasteiger partial charge on any atom is -0.489 e. The first-order chi connectivity index (χ1) is 15.6. The third-order valence-electron chi connectivity index (χ3n) is 7.57. The van der Waals surface area contributed by atoms with Gasteiger partial charge in [-0.05, 0) is 70.1 Å². The van der Waals surface area contributed by atoms with Crippen LogP contribution >= 0.6 is 0 Å². The van der Waals surface area contributed by atoms with Crippen molar-refractivity contribution < 1.29 is 14.9 Å². The minimum atomic E-state index is -0.550. The van der Waals surface area contributed by atoms with Crippen molar-refractivity contribution in [2.24, 2.45) is 11.8 Å². The van der Waals surface area contributed by atoms with E-state index in [1.807, 2.05) is 26.0 Å². The average Bonchev–Trinajstić information content (AvgIpc) is 3.50. The van der Waals surface area contributed by atoms with Crippen LogP contribution in [0.2, 0.25) is 0 Å². The predicted octanol–water partition coefficient (Wildman–Crippen LogP) is 4.30. The van der Waals surface area contributed by atoms with E-state index < -0.39 is 12.2 Å². The summed E-state index contributed by atoms with van der Waals surface area (Å²) in [6, 6.07) is 6.52. The molecule has 2 aliphatic heterocycles. The Morgan fingerprint density at radius 1 is 1.25 bits per heavy atom. The van der Waals surface area contributed by atoms with Gasteiger partial charge < -0.3 is 19.8 Å². The first kappa shape index (κ1) is 23.4. The van der Waals surface area contributed by atoms with E-state index in [1.165, 1.54) is 56.4 Å². The second-order valence-corrected chi connectivity index (χ2v) is 9.89. The van der Waals surface area contributed by atoms with Crippen LogP contribution in [0.4, 0.5) is 0 Å². The van der Waals surface area contributed by atoms with Crippen molar-refractivity contribution in [2.45, 2.75) is 83.0 Å². The van der Waals surface area contributed by atoms with Gasteiger partial charge in [-0.15, -0.1) is 11.8 Å². The van der Waals surface area contributed by atoms with Crippen LogP contribution in [0.25, 0.3) is 0 Å². The molecule has 0 bridgehead atoms. The Labute approximate surface area is 193 Å². The third kappa shape index (κ3) is 5.22. The lowest BCUT2D eigenvalue weighted by molar-refractivity contribution is 0.134. The molecular formula is C28H39NO3. The van der Waals surface area contributed by atoms with E-state index in [-0.39, 0.29) is 23.9 Å². The third-order valence-corrected chi connectivity index (χ3v) is 7.57. The van der Waals surface area contributed by atoms with E-state index in [4.69, 9.17) is 4.74 Å². The molecule has 174 valence electrons. The summed E-state index contributed by atoms with van der Waals surface area (Å²) in [5, 5.41) is 21.2. The SMILES string of the molecule is CC#CC[C@H](C)[C@H](O)/C=C/[C@@H]1[C@H]2c3cccc(CCCCN4CCCC4)c3O[C@H]2C[C@H]1O. The Hall–Kier alpha value is -1.80. The maximum absolute atomic E-state index is 10.7. The molecule has 4 nitrogen and oxygen atoms in total. The Morgan fingerprint density at radius 2 is 2.06 bits per heavy atom. The van der Waals surface area contributed by atoms with Gasteiger partial charge in [0.25, 0.3) is 0 Å². The summed E-state index contributed by atoms with van der Waals surface area (Å²) in [4.78, 5) is 2.58. The largest absolute Gasteiger partial charge is 0.489 e. The quantitative estimate of drug-likeness (QED) is 0.344. The van der Waals surface area contributed by atoms with Crippen molar-refractivity contribution >= 4 is 0 Å². The highest BCUT2D eigenvalue weighted by Gasteiger charge is 2.48. The van der Waals surface area contributed by atoms with Crippen LogP contribution in [0.3, 0.4) is 0 Å². The number of para-hydroxylation sites is 1. The zero-order valence-corrected chi connectivity index (χ0v) is 19.7. The Bertz CT molecular complexity index is 848. The summed E-state index contributed by atoms with van der Waals surface area (Å²) in [7, 11) is 0. The highest BCUT2D eigenvalue weighted by molar-refractivity contribution is 5.49. The van der Waals surface area contributed by atoms with Crippen LogP contribution in [0.1, 0.15) is 69.4 Å². The van der Waals surface area contributed by atoms with E-state index in [1.54, 1.807) is 0 Å². The number of benzene rings is 1. The lowest BCUT2D eigenvalue weighted by Gasteiger charge is -2.19. The minimum absolute atomic E-state index is 0.0224. The van der Waals surface area contributed by atoms with Crippen molar-refractivity contribution in [1.29, 1.82) is 0 Å². The van der Waals surface area contributed by atoms with Gasteiger partial charge in [0.05, 0.1) is 12.2 Å². The normalized spacial score (nSPS) is 28.8. The van der Waals surface area contributed by atoms with Crippen molar-refractivity contribution in [3.05, 3.63) is 41.5 Å². The fourth-order valence-corrected chi connectivity index (χ4v) is 5.64. The zero-order chi connectivity index (χ0) is 22.5. The fraction of sp³-hybridized carbons (Fsp3) is 0.643. The molecule has 0 radical (unpaired) electrons. The molecule has 0 amide bonds. The van der Waals surface area contributed by atoms with Gasteiger partial charge in [0.2, 0.25) is 0 Å². The number of likely N-dealkylation sites (tertiary alicyclic amines) is 1. The van der Waals surface area contributed by atoms with Crippen molar-refractivity contribution in [1.82, 2.24) is 4.90 Å². The van der Waals surface area contributed by atoms with Crippen LogP contribution in [0, 0.1) is 23.7 Å². The first-order valence-corrected chi connectivity index (χ1v) is 12.5. The second-order valence-electron chi connectivity index (χ2n) is 9.89. The van der Waals surface area contributed by atoms with Crippen LogP contribution in [-0.2, 0) is 6.42 Å². The van der Waals surface area contributed by atoms with E-state index in [9.17, 15) is 10.2 Å². The molecule has 2 fully saturated rings. The number of fused-ring (bicyclic) bond motifs is 3. The number of ether oxygens (including phenoxy) is 1. The monoisotopic (exact) mass is 437 g/mol. The number of aliphatic hydroxyl groups excluding tert-OH is 2. The summed E-state index contributed by atoms with van der Waals surface area (Å²) in [6.07, 6.45) is 10.4. The summed E-state index contributed by atoms with van der Waals surface area (Å²) in [5.41, 5.74) is 2.54. The first-order valence-electron chi connectivity index (χ1n) is 12.5. The van der Waals surface area contributed by atoms with Gasteiger partial charge in [-0.3, -0.25) is 0 Å². The molecular weight excluding hydrogens is 398 g/mol. The molecule has 3 aliphatic rings. The van der Waals surface area contributed by atoms with Crippen LogP contribution in [0.15, 0.2) is 30.4 Å². The Kier molecular flexibility index (Phi) is 7.94. The van der Waals surface area contributed by atoms with Gasteiger partial charge in [0.15, 0.2) is 0 Å². The van der Waals surface area contributed by atoms with E-state index >= 15 is 0 Å². The molecule has 2 N–H and O–H groups in total. The number of hydrogen-bond donors (Lipinski definition) is 2. The lowest BCUT2D eigenvalue weighted by Crippen LogP contribution is -2.20. The number of rotatable bonds is 9. The van der Waals surface area contributed by atoms with Gasteiger partial charge in [0, 0.05) is 30.2 Å². The summed E-state index contributed by atoms with van der Waals surface area (Å²) < 4.78 is 6.42. The van der Waals surface area contributed by atoms with Crippen LogP contribution < -0.4 is 4.74 Å². The fourth-order valence-electron chi connectivity index (χ4n) is 5.64. The standard InChI is InChI=1S/C28H39NO3/c1-3-4-10-20(2)24(30)15-14-22-25(31)19-26-27(22)23-13-9-12-21(28(23)32-26)11-5-6-16-29-17-7-8-18-29/h9,12-15,20,22,24-27,30-31H,5-8,10-11,16-19H2,1-2H3/b15-14+/t20-,22-,24+,25+,26-,27-/m0/s1. The summed E-state index contributed by atoms with van der Waals surface area (Å²) >= 11 is 0. The molecule has 1 aromatic rings. The average molecular weight is 438 g/mol. The lowest BCUT2D eigenvalue weighted by atomic mass is 9.86. The van der Waals surface area contributed by atoms with Crippen LogP contribution in [-0.4, -0.2) is 53.1 Å². The van der Waals surface area contributed by atoms with Crippen molar-refractivity contribution in [3.8, 4) is 17.6 Å². The van der Waals surface area contributed by atoms with Gasteiger partial charge in [-0.25, -0.2) is 0 Å². The van der Waals surface area contributed by atoms with Gasteiger partial charge in [-0.1, -0.05) is 37.3 Å². The van der Waals surface area contributed by atoms with Gasteiger partial charge in [-0.2, -0.15) is 0 Å². The van der Waals surface area contributed by atoms with Crippen molar-refractivity contribution in [2.75, 3.05) is 19.6 Å². The topological polar surface area (TPSA) is 52.9 Å². The number of aryl methyl sites for hydroxylation is 1. The number of unbranched alkanes of at least 4 members (excludes halogenated alkanes) is 1. The summed E-state index contributed by atoms with van der Waals surface area (Å²) in [5.74, 6) is 7.21. The van der Waals surface area contributed by atoms with Crippen LogP contribution in [0.5, 0.6) is 5.75 Å². The molecule has 1 aliphatic carbocycles. The Balaban J connectivity index is 1.40. The van der Waals surface area contributed by atoms with E-state index in [2.05, 4.69) is 34.9 Å². The number of hydrogen-bond acceptors (Lipinski definition) is 4. The van der Waals surface area contributed by atoms with E-state index in [0.717, 1.165) is 12.2 Å². The number of aliphatic hydroxyl groups is 2. The Morgan fingerprint density at radius 3 is 2.84 bits per heavy atom. The maximum Gasteiger partial charge on any atom is 0.126 e. The summed E-state index contributed by atoms with van der Waals surface area (Å²) in [6.45, 7) is 7.58. The molecule has 0 aromatic heterocycles. The molecule has 2 heterocycles.